The van der Waals surface area contributed by atoms with Gasteiger partial charge in [0.25, 0.3) is 0 Å². The first-order valence-electron chi connectivity index (χ1n) is 7.17. The molecule has 2 aromatic rings. The minimum atomic E-state index is 0.464. The van der Waals surface area contributed by atoms with E-state index < -0.39 is 0 Å². The second-order valence-corrected chi connectivity index (χ2v) is 4.40. The van der Waals surface area contributed by atoms with Crippen molar-refractivity contribution in [3.05, 3.63) is 48.2 Å². The minimum absolute atomic E-state index is 0.464. The number of aromatic nitrogens is 1. The van der Waals surface area contributed by atoms with Crippen LogP contribution in [-0.2, 0) is 6.42 Å². The Balaban J connectivity index is 0.000000321. The molecule has 1 aliphatic rings. The number of H-pyrrole nitrogens is 1. The Morgan fingerprint density at radius 3 is 2.58 bits per heavy atom. The molecule has 0 amide bonds. The number of hydrogen-bond donors (Lipinski definition) is 2. The van der Waals surface area contributed by atoms with Gasteiger partial charge in [0.15, 0.2) is 0 Å². The van der Waals surface area contributed by atoms with Crippen molar-refractivity contribution in [1.82, 2.24) is 10.3 Å². The Morgan fingerprint density at radius 1 is 1.26 bits per heavy atom. The van der Waals surface area contributed by atoms with Crippen molar-refractivity contribution in [1.29, 1.82) is 0 Å². The number of fused-ring (bicyclic) bond motifs is 3. The SMILES string of the molecule is C=CC.CC.CC1NCCc2c1[nH]c1ccccc21. The summed E-state index contributed by atoms with van der Waals surface area (Å²) >= 11 is 0. The Labute approximate surface area is 116 Å². The lowest BCUT2D eigenvalue weighted by atomic mass is 10.0. The van der Waals surface area contributed by atoms with Crippen molar-refractivity contribution in [2.45, 2.75) is 40.2 Å². The number of nitrogens with one attached hydrogen (secondary N) is 2. The van der Waals surface area contributed by atoms with Gasteiger partial charge in [-0.15, -0.1) is 6.58 Å². The van der Waals surface area contributed by atoms with Crippen molar-refractivity contribution in [3.8, 4) is 0 Å². The standard InChI is InChI=1S/C12H14N2.C3H6.C2H6/c1-8-12-10(6-7-13-8)9-4-2-3-5-11(9)14-12;1-3-2;1-2/h2-5,8,13-14H,6-7H2,1H3;3H,1H2,2H3;1-2H3. The summed E-state index contributed by atoms with van der Waals surface area (Å²) in [4.78, 5) is 3.50. The number of para-hydroxylation sites is 1. The van der Waals surface area contributed by atoms with Crippen LogP contribution in [0.4, 0.5) is 0 Å². The third kappa shape index (κ3) is 3.48. The highest BCUT2D eigenvalue weighted by atomic mass is 15.0. The zero-order valence-corrected chi connectivity index (χ0v) is 12.6. The zero-order chi connectivity index (χ0) is 14.3. The topological polar surface area (TPSA) is 27.8 Å². The molecule has 1 unspecified atom stereocenters. The molecule has 2 nitrogen and oxygen atoms in total. The first-order valence-corrected chi connectivity index (χ1v) is 7.17. The molecule has 3 rings (SSSR count). The molecule has 1 aliphatic heterocycles. The van der Waals surface area contributed by atoms with Crippen LogP contribution < -0.4 is 5.32 Å². The fourth-order valence-corrected chi connectivity index (χ4v) is 2.38. The van der Waals surface area contributed by atoms with Crippen LogP contribution in [0.1, 0.15) is 45.0 Å². The molecule has 0 radical (unpaired) electrons. The number of allylic oxidation sites excluding steroid dienone is 1. The fourth-order valence-electron chi connectivity index (χ4n) is 2.38. The fraction of sp³-hybridized carbons (Fsp3) is 0.412. The van der Waals surface area contributed by atoms with Crippen LogP contribution in [0.5, 0.6) is 0 Å². The molecule has 1 atom stereocenters. The zero-order valence-electron chi connectivity index (χ0n) is 12.6. The smallest absolute Gasteiger partial charge is 0.0459 e. The lowest BCUT2D eigenvalue weighted by Gasteiger charge is -2.20. The number of aromatic amines is 1. The van der Waals surface area contributed by atoms with Gasteiger partial charge >= 0.3 is 0 Å². The molecule has 1 aromatic heterocycles. The highest BCUT2D eigenvalue weighted by Crippen LogP contribution is 2.29. The maximum absolute atomic E-state index is 3.50. The predicted octanol–water partition coefficient (Wildman–Crippen LogP) is 4.59. The van der Waals surface area contributed by atoms with Crippen molar-refractivity contribution in [2.75, 3.05) is 6.54 Å². The summed E-state index contributed by atoms with van der Waals surface area (Å²) in [5.41, 5.74) is 4.15. The molecule has 2 heterocycles. The highest BCUT2D eigenvalue weighted by Gasteiger charge is 2.19. The number of benzene rings is 1. The monoisotopic (exact) mass is 258 g/mol. The normalized spacial score (nSPS) is 16.5. The molecule has 0 bridgehead atoms. The lowest BCUT2D eigenvalue weighted by molar-refractivity contribution is 0.533. The first kappa shape index (κ1) is 15.5. The molecular formula is C17H26N2. The molecule has 0 saturated carbocycles. The van der Waals surface area contributed by atoms with Crippen LogP contribution in [0.25, 0.3) is 10.9 Å². The maximum Gasteiger partial charge on any atom is 0.0459 e. The Hall–Kier alpha value is -1.54. The molecule has 19 heavy (non-hydrogen) atoms. The van der Waals surface area contributed by atoms with E-state index >= 15 is 0 Å². The molecule has 1 aromatic carbocycles. The third-order valence-electron chi connectivity index (χ3n) is 3.11. The Bertz CT molecular complexity index is 511. The van der Waals surface area contributed by atoms with E-state index in [-0.39, 0.29) is 0 Å². The van der Waals surface area contributed by atoms with Crippen LogP contribution >= 0.6 is 0 Å². The molecule has 104 valence electrons. The van der Waals surface area contributed by atoms with Crippen LogP contribution in [0.2, 0.25) is 0 Å². The summed E-state index contributed by atoms with van der Waals surface area (Å²) in [6.07, 6.45) is 2.89. The molecule has 0 saturated heterocycles. The summed E-state index contributed by atoms with van der Waals surface area (Å²) in [5.74, 6) is 0. The van der Waals surface area contributed by atoms with Gasteiger partial charge in [-0.1, -0.05) is 38.1 Å². The maximum atomic E-state index is 3.50. The highest BCUT2D eigenvalue weighted by molar-refractivity contribution is 5.85. The van der Waals surface area contributed by atoms with Crippen LogP contribution in [-0.4, -0.2) is 11.5 Å². The average molecular weight is 258 g/mol. The predicted molar refractivity (Wildman–Crippen MR) is 85.6 cm³/mol. The van der Waals surface area contributed by atoms with Crippen LogP contribution in [0, 0.1) is 0 Å². The number of hydrogen-bond acceptors (Lipinski definition) is 1. The van der Waals surface area contributed by atoms with Crippen LogP contribution in [0.3, 0.4) is 0 Å². The quantitative estimate of drug-likeness (QED) is 0.664. The Kier molecular flexibility index (Phi) is 6.37. The van der Waals surface area contributed by atoms with Gasteiger partial charge in [-0.3, -0.25) is 0 Å². The van der Waals surface area contributed by atoms with E-state index in [0.29, 0.717) is 6.04 Å². The van der Waals surface area contributed by atoms with Crippen molar-refractivity contribution in [3.63, 3.8) is 0 Å². The van der Waals surface area contributed by atoms with E-state index in [1.54, 1.807) is 6.08 Å². The van der Waals surface area contributed by atoms with Gasteiger partial charge in [-0.05, 0) is 38.4 Å². The van der Waals surface area contributed by atoms with Crippen molar-refractivity contribution in [2.24, 2.45) is 0 Å². The minimum Gasteiger partial charge on any atom is -0.357 e. The molecule has 0 aliphatic carbocycles. The Morgan fingerprint density at radius 2 is 1.89 bits per heavy atom. The van der Waals surface area contributed by atoms with Gasteiger partial charge in [0, 0.05) is 22.6 Å². The van der Waals surface area contributed by atoms with Gasteiger partial charge in [-0.25, -0.2) is 0 Å². The molecule has 0 fully saturated rings. The van der Waals surface area contributed by atoms with Gasteiger partial charge in [0.05, 0.1) is 0 Å². The van der Waals surface area contributed by atoms with E-state index in [1.165, 1.54) is 22.2 Å². The van der Waals surface area contributed by atoms with Gasteiger partial charge in [0.2, 0.25) is 0 Å². The molecule has 2 heteroatoms. The van der Waals surface area contributed by atoms with Gasteiger partial charge < -0.3 is 10.3 Å². The van der Waals surface area contributed by atoms with E-state index in [9.17, 15) is 0 Å². The second-order valence-electron chi connectivity index (χ2n) is 4.40. The van der Waals surface area contributed by atoms with Crippen LogP contribution in [0.15, 0.2) is 36.9 Å². The third-order valence-corrected chi connectivity index (χ3v) is 3.11. The lowest BCUT2D eigenvalue weighted by Crippen LogP contribution is -2.27. The summed E-state index contributed by atoms with van der Waals surface area (Å²) < 4.78 is 0. The molecular weight excluding hydrogens is 232 g/mol. The summed E-state index contributed by atoms with van der Waals surface area (Å²) in [6, 6.07) is 9.03. The largest absolute Gasteiger partial charge is 0.357 e. The van der Waals surface area contributed by atoms with Crippen molar-refractivity contribution >= 4 is 10.9 Å². The summed E-state index contributed by atoms with van der Waals surface area (Å²) in [6.45, 7) is 12.6. The van der Waals surface area contributed by atoms with Gasteiger partial charge in [-0.2, -0.15) is 0 Å². The molecule has 0 spiro atoms. The first-order chi connectivity index (χ1) is 9.27. The van der Waals surface area contributed by atoms with E-state index in [2.05, 4.69) is 48.1 Å². The summed E-state index contributed by atoms with van der Waals surface area (Å²) in [7, 11) is 0. The summed E-state index contributed by atoms with van der Waals surface area (Å²) in [5, 5.41) is 4.87. The second kappa shape index (κ2) is 7.80. The average Bonchev–Trinajstić information content (AvgIpc) is 2.82. The number of rotatable bonds is 0. The van der Waals surface area contributed by atoms with Gasteiger partial charge in [0.1, 0.15) is 0 Å². The van der Waals surface area contributed by atoms with E-state index in [4.69, 9.17) is 0 Å². The van der Waals surface area contributed by atoms with Crippen molar-refractivity contribution < 1.29 is 0 Å². The van der Waals surface area contributed by atoms with E-state index in [0.717, 1.165) is 13.0 Å². The van der Waals surface area contributed by atoms with E-state index in [1.807, 2.05) is 20.8 Å². The molecule has 2 N–H and O–H groups in total.